The molecule has 1 aromatic rings. The molecule has 2 rings (SSSR count). The molecule has 0 saturated carbocycles. The Kier molecular flexibility index (Phi) is 10.1. The first-order chi connectivity index (χ1) is 14.4. The zero-order chi connectivity index (χ0) is 21.9. The van der Waals surface area contributed by atoms with Crippen LogP contribution in [0.15, 0.2) is 30.3 Å². The Balaban J connectivity index is 1.77. The summed E-state index contributed by atoms with van der Waals surface area (Å²) in [4.78, 5) is 23.9. The number of ether oxygens (including phenoxy) is 3. The standard InChI is InChI=1S/C25H34O5/c1-5-6-14-22(26)15-10-11-16-28-25-20(4)18(2)19(3)23(30-25)17-29-24(27)21-12-8-7-9-13-21/h1,7-9,12-13,18-20,23,25H,6,10-11,14-17H2,2-4H3. The van der Waals surface area contributed by atoms with Crippen LogP contribution in [0.4, 0.5) is 0 Å². The topological polar surface area (TPSA) is 61.8 Å². The molecule has 0 aliphatic carbocycles. The van der Waals surface area contributed by atoms with Crippen molar-refractivity contribution in [2.45, 2.75) is 65.3 Å². The summed E-state index contributed by atoms with van der Waals surface area (Å²) in [6.07, 6.45) is 7.73. The lowest BCUT2D eigenvalue weighted by Crippen LogP contribution is -2.48. The molecule has 1 aromatic carbocycles. The average molecular weight is 415 g/mol. The van der Waals surface area contributed by atoms with Gasteiger partial charge in [0, 0.05) is 31.8 Å². The number of rotatable bonds is 11. The molecule has 0 bridgehead atoms. The van der Waals surface area contributed by atoms with Crippen molar-refractivity contribution in [2.24, 2.45) is 17.8 Å². The van der Waals surface area contributed by atoms with Crippen LogP contribution in [0.3, 0.4) is 0 Å². The van der Waals surface area contributed by atoms with E-state index in [1.165, 1.54) is 0 Å². The van der Waals surface area contributed by atoms with Gasteiger partial charge in [-0.1, -0.05) is 39.0 Å². The van der Waals surface area contributed by atoms with Gasteiger partial charge < -0.3 is 14.2 Å². The summed E-state index contributed by atoms with van der Waals surface area (Å²) in [6.45, 7) is 7.18. The van der Waals surface area contributed by atoms with Crippen molar-refractivity contribution in [2.75, 3.05) is 13.2 Å². The van der Waals surface area contributed by atoms with Gasteiger partial charge in [-0.2, -0.15) is 0 Å². The SMILES string of the molecule is C#CCCC(=O)CCCCOC1OC(COC(=O)c2ccccc2)C(C)C(C)C1C. The van der Waals surface area contributed by atoms with Crippen LogP contribution in [-0.2, 0) is 19.0 Å². The van der Waals surface area contributed by atoms with E-state index in [0.29, 0.717) is 37.4 Å². The summed E-state index contributed by atoms with van der Waals surface area (Å²) < 4.78 is 17.7. The summed E-state index contributed by atoms with van der Waals surface area (Å²) in [6, 6.07) is 8.96. The molecule has 30 heavy (non-hydrogen) atoms. The minimum atomic E-state index is -0.343. The number of carbonyl (C=O) groups is 2. The third kappa shape index (κ3) is 7.27. The monoisotopic (exact) mass is 414 g/mol. The Bertz CT molecular complexity index is 708. The van der Waals surface area contributed by atoms with Gasteiger partial charge in [-0.25, -0.2) is 4.79 Å². The highest BCUT2D eigenvalue weighted by atomic mass is 16.7. The van der Waals surface area contributed by atoms with Crippen molar-refractivity contribution in [1.82, 2.24) is 0 Å². The summed E-state index contributed by atoms with van der Waals surface area (Å²) in [5, 5.41) is 0. The van der Waals surface area contributed by atoms with Crippen molar-refractivity contribution in [3.05, 3.63) is 35.9 Å². The highest BCUT2D eigenvalue weighted by Crippen LogP contribution is 2.35. The van der Waals surface area contributed by atoms with Gasteiger partial charge in [0.1, 0.15) is 12.4 Å². The predicted octanol–water partition coefficient (Wildman–Crippen LogP) is 4.65. The Hall–Kier alpha value is -2.16. The Labute approximate surface area is 180 Å². The van der Waals surface area contributed by atoms with Gasteiger partial charge in [0.2, 0.25) is 0 Å². The van der Waals surface area contributed by atoms with Gasteiger partial charge in [-0.15, -0.1) is 12.3 Å². The molecule has 0 radical (unpaired) electrons. The van der Waals surface area contributed by atoms with Crippen LogP contribution in [0.25, 0.3) is 0 Å². The average Bonchev–Trinajstić information content (AvgIpc) is 2.76. The normalized spacial score (nSPS) is 26.0. The number of carbonyl (C=O) groups excluding carboxylic acids is 2. The molecule has 0 amide bonds. The maximum absolute atomic E-state index is 12.2. The lowest BCUT2D eigenvalue weighted by atomic mass is 9.79. The van der Waals surface area contributed by atoms with Crippen molar-refractivity contribution in [3.8, 4) is 12.3 Å². The second kappa shape index (κ2) is 12.5. The highest BCUT2D eigenvalue weighted by molar-refractivity contribution is 5.89. The van der Waals surface area contributed by atoms with E-state index in [2.05, 4.69) is 26.7 Å². The van der Waals surface area contributed by atoms with Crippen LogP contribution >= 0.6 is 0 Å². The van der Waals surface area contributed by atoms with E-state index in [9.17, 15) is 9.59 Å². The fourth-order valence-electron chi connectivity index (χ4n) is 3.64. The zero-order valence-electron chi connectivity index (χ0n) is 18.3. The van der Waals surface area contributed by atoms with Gasteiger partial charge in [0.05, 0.1) is 11.7 Å². The van der Waals surface area contributed by atoms with Gasteiger partial charge in [0.15, 0.2) is 6.29 Å². The quantitative estimate of drug-likeness (QED) is 0.300. The molecule has 5 atom stereocenters. The molecular formula is C25H34O5. The molecular weight excluding hydrogens is 380 g/mol. The van der Waals surface area contributed by atoms with Gasteiger partial charge >= 0.3 is 5.97 Å². The molecule has 1 aliphatic heterocycles. The summed E-state index contributed by atoms with van der Waals surface area (Å²) in [5.41, 5.74) is 0.534. The van der Waals surface area contributed by atoms with E-state index >= 15 is 0 Å². The third-order valence-electron chi connectivity index (χ3n) is 6.05. The molecule has 164 valence electrons. The number of terminal acetylenes is 1. The van der Waals surface area contributed by atoms with Crippen LogP contribution in [0.5, 0.6) is 0 Å². The number of benzene rings is 1. The number of hydrogen-bond donors (Lipinski definition) is 0. The van der Waals surface area contributed by atoms with Crippen molar-refractivity contribution < 1.29 is 23.8 Å². The molecule has 5 unspecified atom stereocenters. The number of esters is 1. The first kappa shape index (κ1) is 24.1. The van der Waals surface area contributed by atoms with Crippen LogP contribution in [0, 0.1) is 30.1 Å². The summed E-state index contributed by atoms with van der Waals surface area (Å²) in [5.74, 6) is 3.21. The maximum atomic E-state index is 12.2. The Morgan fingerprint density at radius 2 is 1.77 bits per heavy atom. The molecule has 0 N–H and O–H groups in total. The molecule has 1 fully saturated rings. The Morgan fingerprint density at radius 1 is 1.03 bits per heavy atom. The summed E-state index contributed by atoms with van der Waals surface area (Å²) >= 11 is 0. The number of unbranched alkanes of at least 4 members (excludes halogenated alkanes) is 1. The fraction of sp³-hybridized carbons (Fsp3) is 0.600. The number of Topliss-reactive ketones (excluding diaryl/α,β-unsaturated/α-hetero) is 1. The largest absolute Gasteiger partial charge is 0.459 e. The molecule has 1 aliphatic rings. The van der Waals surface area contributed by atoms with Gasteiger partial charge in [0.25, 0.3) is 0 Å². The van der Waals surface area contributed by atoms with E-state index < -0.39 is 0 Å². The third-order valence-corrected chi connectivity index (χ3v) is 6.05. The number of hydrogen-bond acceptors (Lipinski definition) is 5. The smallest absolute Gasteiger partial charge is 0.338 e. The fourth-order valence-corrected chi connectivity index (χ4v) is 3.64. The van der Waals surface area contributed by atoms with Crippen molar-refractivity contribution in [3.63, 3.8) is 0 Å². The van der Waals surface area contributed by atoms with E-state index in [1.54, 1.807) is 12.1 Å². The molecule has 1 heterocycles. The lowest BCUT2D eigenvalue weighted by Gasteiger charge is -2.43. The number of ketones is 1. The summed E-state index contributed by atoms with van der Waals surface area (Å²) in [7, 11) is 0. The second-order valence-electron chi connectivity index (χ2n) is 8.16. The minimum absolute atomic E-state index is 0.204. The molecule has 0 aromatic heterocycles. The predicted molar refractivity (Wildman–Crippen MR) is 116 cm³/mol. The second-order valence-corrected chi connectivity index (χ2v) is 8.16. The van der Waals surface area contributed by atoms with Crippen LogP contribution in [0.1, 0.15) is 63.2 Å². The van der Waals surface area contributed by atoms with Crippen molar-refractivity contribution >= 4 is 11.8 Å². The minimum Gasteiger partial charge on any atom is -0.459 e. The van der Waals surface area contributed by atoms with Crippen LogP contribution in [0.2, 0.25) is 0 Å². The van der Waals surface area contributed by atoms with Gasteiger partial charge in [-0.05, 0) is 36.8 Å². The molecule has 5 nitrogen and oxygen atoms in total. The first-order valence-electron chi connectivity index (χ1n) is 10.9. The van der Waals surface area contributed by atoms with Crippen molar-refractivity contribution in [1.29, 1.82) is 0 Å². The Morgan fingerprint density at radius 3 is 2.47 bits per heavy atom. The van der Waals surface area contributed by atoms with Crippen LogP contribution < -0.4 is 0 Å². The zero-order valence-corrected chi connectivity index (χ0v) is 18.3. The maximum Gasteiger partial charge on any atom is 0.338 e. The van der Waals surface area contributed by atoms with Crippen LogP contribution in [-0.4, -0.2) is 37.4 Å². The lowest BCUT2D eigenvalue weighted by molar-refractivity contribution is -0.254. The van der Waals surface area contributed by atoms with E-state index in [4.69, 9.17) is 20.6 Å². The molecule has 5 heteroatoms. The van der Waals surface area contributed by atoms with E-state index in [-0.39, 0.29) is 42.6 Å². The van der Waals surface area contributed by atoms with E-state index in [0.717, 1.165) is 12.8 Å². The molecule has 0 spiro atoms. The molecule has 1 saturated heterocycles. The van der Waals surface area contributed by atoms with Gasteiger partial charge in [-0.3, -0.25) is 4.79 Å². The first-order valence-corrected chi connectivity index (χ1v) is 10.9. The highest BCUT2D eigenvalue weighted by Gasteiger charge is 2.40. The van der Waals surface area contributed by atoms with E-state index in [1.807, 2.05) is 18.2 Å².